The SMILES string of the molecule is Cc1nn(CC(C)C(=O)Nc2ccccn2)c(C)c1C. The van der Waals surface area contributed by atoms with E-state index in [1.807, 2.05) is 44.5 Å². The van der Waals surface area contributed by atoms with Gasteiger partial charge in [-0.3, -0.25) is 9.48 Å². The van der Waals surface area contributed by atoms with Crippen molar-refractivity contribution >= 4 is 11.7 Å². The minimum Gasteiger partial charge on any atom is -0.310 e. The van der Waals surface area contributed by atoms with Gasteiger partial charge in [0.2, 0.25) is 5.91 Å². The zero-order valence-corrected chi connectivity index (χ0v) is 12.3. The fourth-order valence-electron chi connectivity index (χ4n) is 1.99. The molecule has 106 valence electrons. The van der Waals surface area contributed by atoms with E-state index in [4.69, 9.17) is 0 Å². The molecule has 2 aromatic heterocycles. The number of nitrogens with one attached hydrogen (secondary N) is 1. The summed E-state index contributed by atoms with van der Waals surface area (Å²) in [6, 6.07) is 5.44. The lowest BCUT2D eigenvalue weighted by atomic mass is 10.1. The number of carbonyl (C=O) groups excluding carboxylic acids is 1. The molecule has 2 rings (SSSR count). The minimum atomic E-state index is -0.172. The van der Waals surface area contributed by atoms with Crippen molar-refractivity contribution < 1.29 is 4.79 Å². The summed E-state index contributed by atoms with van der Waals surface area (Å²) in [4.78, 5) is 16.2. The van der Waals surface area contributed by atoms with Crippen molar-refractivity contribution in [3.63, 3.8) is 0 Å². The second-order valence-electron chi connectivity index (χ2n) is 5.08. The van der Waals surface area contributed by atoms with Crippen molar-refractivity contribution in [1.29, 1.82) is 0 Å². The van der Waals surface area contributed by atoms with Crippen LogP contribution < -0.4 is 5.32 Å². The number of amides is 1. The molecule has 5 heteroatoms. The van der Waals surface area contributed by atoms with Gasteiger partial charge in [-0.25, -0.2) is 4.98 Å². The number of hydrogen-bond donors (Lipinski definition) is 1. The predicted molar refractivity (Wildman–Crippen MR) is 78.5 cm³/mol. The Morgan fingerprint density at radius 3 is 2.65 bits per heavy atom. The van der Waals surface area contributed by atoms with Crippen LogP contribution >= 0.6 is 0 Å². The highest BCUT2D eigenvalue weighted by molar-refractivity contribution is 5.91. The molecule has 2 heterocycles. The molecular weight excluding hydrogens is 252 g/mol. The van der Waals surface area contributed by atoms with E-state index in [1.165, 1.54) is 5.56 Å². The summed E-state index contributed by atoms with van der Waals surface area (Å²) in [5.74, 6) is 0.359. The van der Waals surface area contributed by atoms with Crippen molar-refractivity contribution in [2.24, 2.45) is 5.92 Å². The Kier molecular flexibility index (Phi) is 4.17. The van der Waals surface area contributed by atoms with E-state index in [-0.39, 0.29) is 11.8 Å². The molecule has 1 atom stereocenters. The van der Waals surface area contributed by atoms with Crippen molar-refractivity contribution in [1.82, 2.24) is 14.8 Å². The molecule has 0 bridgehead atoms. The van der Waals surface area contributed by atoms with Crippen LogP contribution in [0.2, 0.25) is 0 Å². The van der Waals surface area contributed by atoms with Crippen LogP contribution in [-0.2, 0) is 11.3 Å². The molecule has 0 spiro atoms. The number of aryl methyl sites for hydroxylation is 1. The second-order valence-corrected chi connectivity index (χ2v) is 5.08. The Morgan fingerprint density at radius 1 is 1.35 bits per heavy atom. The maximum atomic E-state index is 12.1. The number of aromatic nitrogens is 3. The van der Waals surface area contributed by atoms with E-state index in [0.29, 0.717) is 12.4 Å². The van der Waals surface area contributed by atoms with Crippen LogP contribution in [-0.4, -0.2) is 20.7 Å². The van der Waals surface area contributed by atoms with Crippen molar-refractivity contribution in [3.05, 3.63) is 41.3 Å². The molecule has 1 N–H and O–H groups in total. The summed E-state index contributed by atoms with van der Waals surface area (Å²) >= 11 is 0. The van der Waals surface area contributed by atoms with Crippen LogP contribution in [0.3, 0.4) is 0 Å². The van der Waals surface area contributed by atoms with Crippen LogP contribution in [0.1, 0.15) is 23.9 Å². The van der Waals surface area contributed by atoms with Gasteiger partial charge in [0, 0.05) is 11.9 Å². The van der Waals surface area contributed by atoms with Gasteiger partial charge >= 0.3 is 0 Å². The van der Waals surface area contributed by atoms with E-state index in [0.717, 1.165) is 11.4 Å². The molecule has 0 saturated heterocycles. The smallest absolute Gasteiger partial charge is 0.230 e. The molecule has 0 aliphatic carbocycles. The van der Waals surface area contributed by atoms with Crippen LogP contribution in [0.25, 0.3) is 0 Å². The van der Waals surface area contributed by atoms with Gasteiger partial charge in [-0.15, -0.1) is 0 Å². The summed E-state index contributed by atoms with van der Waals surface area (Å²) in [5.41, 5.74) is 3.31. The third-order valence-corrected chi connectivity index (χ3v) is 3.55. The molecule has 0 fully saturated rings. The fraction of sp³-hybridized carbons (Fsp3) is 0.400. The van der Waals surface area contributed by atoms with Gasteiger partial charge in [-0.2, -0.15) is 5.10 Å². The molecule has 5 nitrogen and oxygen atoms in total. The number of hydrogen-bond acceptors (Lipinski definition) is 3. The zero-order valence-electron chi connectivity index (χ0n) is 12.3. The van der Waals surface area contributed by atoms with E-state index in [9.17, 15) is 4.79 Å². The molecule has 0 aliphatic heterocycles. The topological polar surface area (TPSA) is 59.8 Å². The fourth-order valence-corrected chi connectivity index (χ4v) is 1.99. The number of anilines is 1. The molecular formula is C15H20N4O. The zero-order chi connectivity index (χ0) is 14.7. The Morgan fingerprint density at radius 2 is 2.10 bits per heavy atom. The third kappa shape index (κ3) is 3.04. The van der Waals surface area contributed by atoms with E-state index in [2.05, 4.69) is 15.4 Å². The maximum absolute atomic E-state index is 12.1. The lowest BCUT2D eigenvalue weighted by Crippen LogP contribution is -2.25. The highest BCUT2D eigenvalue weighted by Gasteiger charge is 2.17. The summed E-state index contributed by atoms with van der Waals surface area (Å²) in [6.07, 6.45) is 1.66. The Balaban J connectivity index is 2.02. The summed E-state index contributed by atoms with van der Waals surface area (Å²) in [5, 5.41) is 7.27. The first-order valence-corrected chi connectivity index (χ1v) is 6.71. The number of nitrogens with zero attached hydrogens (tertiary/aromatic N) is 3. The standard InChI is InChI=1S/C15H20N4O/c1-10(9-19-13(4)11(2)12(3)18-19)15(20)17-14-7-5-6-8-16-14/h5-8,10H,9H2,1-4H3,(H,16,17,20). The number of rotatable bonds is 4. The van der Waals surface area contributed by atoms with Crippen molar-refractivity contribution in [3.8, 4) is 0 Å². The van der Waals surface area contributed by atoms with E-state index in [1.54, 1.807) is 12.3 Å². The van der Waals surface area contributed by atoms with Gasteiger partial charge in [-0.1, -0.05) is 13.0 Å². The lowest BCUT2D eigenvalue weighted by Gasteiger charge is -2.13. The number of carbonyl (C=O) groups is 1. The van der Waals surface area contributed by atoms with Gasteiger partial charge in [0.1, 0.15) is 5.82 Å². The minimum absolute atomic E-state index is 0.0473. The van der Waals surface area contributed by atoms with Crippen LogP contribution in [0, 0.1) is 26.7 Å². The first-order valence-electron chi connectivity index (χ1n) is 6.71. The normalized spacial score (nSPS) is 12.2. The average molecular weight is 272 g/mol. The largest absolute Gasteiger partial charge is 0.310 e. The van der Waals surface area contributed by atoms with Gasteiger partial charge in [0.05, 0.1) is 18.2 Å². The van der Waals surface area contributed by atoms with Gasteiger partial charge in [0.25, 0.3) is 0 Å². The molecule has 0 aromatic carbocycles. The third-order valence-electron chi connectivity index (χ3n) is 3.55. The average Bonchev–Trinajstić information content (AvgIpc) is 2.67. The highest BCUT2D eigenvalue weighted by atomic mass is 16.1. The molecule has 0 aliphatic rings. The van der Waals surface area contributed by atoms with Crippen LogP contribution in [0.4, 0.5) is 5.82 Å². The summed E-state index contributed by atoms with van der Waals surface area (Å²) < 4.78 is 1.90. The van der Waals surface area contributed by atoms with Gasteiger partial charge in [0.15, 0.2) is 0 Å². The highest BCUT2D eigenvalue weighted by Crippen LogP contribution is 2.13. The lowest BCUT2D eigenvalue weighted by molar-refractivity contribution is -0.119. The summed E-state index contributed by atoms with van der Waals surface area (Å²) in [7, 11) is 0. The molecule has 1 amide bonds. The summed E-state index contributed by atoms with van der Waals surface area (Å²) in [6.45, 7) is 8.52. The quantitative estimate of drug-likeness (QED) is 0.930. The molecule has 20 heavy (non-hydrogen) atoms. The van der Waals surface area contributed by atoms with Crippen molar-refractivity contribution in [2.75, 3.05) is 5.32 Å². The number of pyridine rings is 1. The Hall–Kier alpha value is -2.17. The molecule has 1 unspecified atom stereocenters. The molecule has 0 saturated carbocycles. The van der Waals surface area contributed by atoms with Crippen LogP contribution in [0.15, 0.2) is 24.4 Å². The monoisotopic (exact) mass is 272 g/mol. The van der Waals surface area contributed by atoms with Gasteiger partial charge in [-0.05, 0) is 38.5 Å². The Bertz CT molecular complexity index is 604. The van der Waals surface area contributed by atoms with E-state index < -0.39 is 0 Å². The first kappa shape index (κ1) is 14.2. The Labute approximate surface area is 119 Å². The first-order chi connectivity index (χ1) is 9.49. The molecule has 0 radical (unpaired) electrons. The van der Waals surface area contributed by atoms with Gasteiger partial charge < -0.3 is 5.32 Å². The van der Waals surface area contributed by atoms with Crippen LogP contribution in [0.5, 0.6) is 0 Å². The molecule has 2 aromatic rings. The van der Waals surface area contributed by atoms with Crippen molar-refractivity contribution in [2.45, 2.75) is 34.2 Å². The predicted octanol–water partition coefficient (Wildman–Crippen LogP) is 2.48. The van der Waals surface area contributed by atoms with E-state index >= 15 is 0 Å². The second kappa shape index (κ2) is 5.86. The maximum Gasteiger partial charge on any atom is 0.230 e.